The largest absolute Gasteiger partial charge is 0.493 e. The van der Waals surface area contributed by atoms with Gasteiger partial charge in [0.1, 0.15) is 6.04 Å². The first-order chi connectivity index (χ1) is 10.0. The molecule has 0 aromatic heterocycles. The van der Waals surface area contributed by atoms with Gasteiger partial charge in [0, 0.05) is 24.8 Å². The van der Waals surface area contributed by atoms with E-state index in [-0.39, 0.29) is 13.0 Å². The van der Waals surface area contributed by atoms with Crippen LogP contribution < -0.4 is 20.1 Å². The predicted molar refractivity (Wildman–Crippen MR) is 74.8 cm³/mol. The lowest BCUT2D eigenvalue weighted by Crippen LogP contribution is -2.43. The smallest absolute Gasteiger partial charge is 0.326 e. The van der Waals surface area contributed by atoms with Crippen molar-refractivity contribution in [3.8, 4) is 11.5 Å². The number of benzene rings is 1. The van der Waals surface area contributed by atoms with E-state index in [1.807, 2.05) is 0 Å². The fraction of sp³-hybridized carbons (Fsp3) is 0.385. The topological polar surface area (TPSA) is 117 Å². The lowest BCUT2D eigenvalue weighted by atomic mass is 10.2. The van der Waals surface area contributed by atoms with E-state index in [2.05, 4.69) is 10.6 Å². The Kier molecular flexibility index (Phi) is 6.28. The molecule has 0 saturated carbocycles. The van der Waals surface area contributed by atoms with Crippen LogP contribution in [-0.4, -0.2) is 49.1 Å². The van der Waals surface area contributed by atoms with Crippen LogP contribution in [0.5, 0.6) is 11.5 Å². The molecule has 1 rings (SSSR count). The third-order valence-electron chi connectivity index (χ3n) is 2.66. The number of carbonyl (C=O) groups excluding carboxylic acids is 1. The highest BCUT2D eigenvalue weighted by molar-refractivity contribution is 5.92. The Morgan fingerprint density at radius 1 is 1.24 bits per heavy atom. The Labute approximate surface area is 121 Å². The number of aliphatic hydroxyl groups excluding tert-OH is 1. The van der Waals surface area contributed by atoms with E-state index in [0.29, 0.717) is 17.2 Å². The molecule has 0 unspecified atom stereocenters. The SMILES string of the molecule is COc1ccc(NC(=O)N[C@@H](CCO)C(=O)O)cc1OC. The molecule has 0 fully saturated rings. The van der Waals surface area contributed by atoms with Crippen molar-refractivity contribution in [1.29, 1.82) is 0 Å². The van der Waals surface area contributed by atoms with E-state index in [4.69, 9.17) is 19.7 Å². The molecule has 0 saturated heterocycles. The molecular weight excluding hydrogens is 280 g/mol. The minimum atomic E-state index is -1.22. The number of hydrogen-bond donors (Lipinski definition) is 4. The first-order valence-corrected chi connectivity index (χ1v) is 6.15. The molecule has 0 radical (unpaired) electrons. The van der Waals surface area contributed by atoms with Crippen molar-refractivity contribution in [1.82, 2.24) is 5.32 Å². The summed E-state index contributed by atoms with van der Waals surface area (Å²) in [6.07, 6.45) is -0.0747. The normalized spacial score (nSPS) is 11.4. The highest BCUT2D eigenvalue weighted by Crippen LogP contribution is 2.29. The van der Waals surface area contributed by atoms with Gasteiger partial charge in [-0.15, -0.1) is 0 Å². The number of carboxylic acids is 1. The van der Waals surface area contributed by atoms with Crippen LogP contribution >= 0.6 is 0 Å². The molecule has 0 spiro atoms. The van der Waals surface area contributed by atoms with Gasteiger partial charge in [0.25, 0.3) is 0 Å². The number of anilines is 1. The summed E-state index contributed by atoms with van der Waals surface area (Å²) in [5.41, 5.74) is 0.415. The van der Waals surface area contributed by atoms with Crippen LogP contribution in [0.4, 0.5) is 10.5 Å². The van der Waals surface area contributed by atoms with Gasteiger partial charge < -0.3 is 30.3 Å². The van der Waals surface area contributed by atoms with Crippen molar-refractivity contribution in [3.63, 3.8) is 0 Å². The van der Waals surface area contributed by atoms with Crippen molar-refractivity contribution >= 4 is 17.7 Å². The second-order valence-electron chi connectivity index (χ2n) is 4.07. The molecule has 1 aromatic rings. The summed E-state index contributed by atoms with van der Waals surface area (Å²) in [5, 5.41) is 22.4. The molecule has 4 N–H and O–H groups in total. The number of carbonyl (C=O) groups is 2. The highest BCUT2D eigenvalue weighted by atomic mass is 16.5. The molecule has 1 atom stereocenters. The standard InChI is InChI=1S/C13H18N2O6/c1-20-10-4-3-8(7-11(10)21-2)14-13(19)15-9(5-6-16)12(17)18/h3-4,7,9,16H,5-6H2,1-2H3,(H,17,18)(H2,14,15,19)/t9-/m0/s1. The molecular formula is C13H18N2O6. The Morgan fingerprint density at radius 2 is 1.90 bits per heavy atom. The van der Waals surface area contributed by atoms with Crippen LogP contribution in [0, 0.1) is 0 Å². The summed E-state index contributed by atoms with van der Waals surface area (Å²) in [7, 11) is 2.95. The number of nitrogens with one attached hydrogen (secondary N) is 2. The molecule has 21 heavy (non-hydrogen) atoms. The molecule has 0 heterocycles. The number of amides is 2. The van der Waals surface area contributed by atoms with Crippen molar-refractivity contribution in [2.75, 3.05) is 26.1 Å². The molecule has 0 aliphatic heterocycles. The average Bonchev–Trinajstić information content (AvgIpc) is 2.46. The maximum atomic E-state index is 11.7. The number of aliphatic carboxylic acids is 1. The molecule has 0 bridgehead atoms. The van der Waals surface area contributed by atoms with E-state index < -0.39 is 18.0 Å². The maximum absolute atomic E-state index is 11.7. The summed E-state index contributed by atoms with van der Waals surface area (Å²) >= 11 is 0. The molecule has 2 amide bonds. The minimum absolute atomic E-state index is 0.0747. The second kappa shape index (κ2) is 7.95. The monoisotopic (exact) mass is 298 g/mol. The first kappa shape index (κ1) is 16.6. The van der Waals surface area contributed by atoms with Crippen LogP contribution in [0.1, 0.15) is 6.42 Å². The van der Waals surface area contributed by atoms with E-state index in [1.54, 1.807) is 18.2 Å². The van der Waals surface area contributed by atoms with Gasteiger partial charge in [-0.25, -0.2) is 9.59 Å². The molecule has 0 aliphatic carbocycles. The Hall–Kier alpha value is -2.48. The molecule has 116 valence electrons. The molecule has 1 aromatic carbocycles. The van der Waals surface area contributed by atoms with Crippen LogP contribution in [0.3, 0.4) is 0 Å². The maximum Gasteiger partial charge on any atom is 0.326 e. The first-order valence-electron chi connectivity index (χ1n) is 6.15. The zero-order chi connectivity index (χ0) is 15.8. The van der Waals surface area contributed by atoms with Crippen molar-refractivity contribution in [2.45, 2.75) is 12.5 Å². The van der Waals surface area contributed by atoms with Gasteiger partial charge in [-0.2, -0.15) is 0 Å². The van der Waals surface area contributed by atoms with Crippen molar-refractivity contribution in [3.05, 3.63) is 18.2 Å². The van der Waals surface area contributed by atoms with Gasteiger partial charge in [-0.05, 0) is 12.1 Å². The quantitative estimate of drug-likeness (QED) is 0.587. The van der Waals surface area contributed by atoms with Gasteiger partial charge >= 0.3 is 12.0 Å². The van der Waals surface area contributed by atoms with Crippen molar-refractivity contribution in [2.24, 2.45) is 0 Å². The number of carboxylic acid groups (broad SMARTS) is 1. The minimum Gasteiger partial charge on any atom is -0.493 e. The number of hydrogen-bond acceptors (Lipinski definition) is 5. The highest BCUT2D eigenvalue weighted by Gasteiger charge is 2.19. The molecule has 8 heteroatoms. The van der Waals surface area contributed by atoms with E-state index >= 15 is 0 Å². The average molecular weight is 298 g/mol. The summed E-state index contributed by atoms with van der Waals surface area (Å²) < 4.78 is 10.2. The third-order valence-corrected chi connectivity index (χ3v) is 2.66. The lowest BCUT2D eigenvalue weighted by molar-refractivity contribution is -0.139. The van der Waals surface area contributed by atoms with Crippen LogP contribution in [0.15, 0.2) is 18.2 Å². The van der Waals surface area contributed by atoms with Crippen LogP contribution in [0.25, 0.3) is 0 Å². The van der Waals surface area contributed by atoms with Gasteiger partial charge in [0.15, 0.2) is 11.5 Å². The summed E-state index contributed by atoms with van der Waals surface area (Å²) in [5.74, 6) is -0.279. The second-order valence-corrected chi connectivity index (χ2v) is 4.07. The van der Waals surface area contributed by atoms with Crippen molar-refractivity contribution < 1.29 is 29.3 Å². The van der Waals surface area contributed by atoms with E-state index in [9.17, 15) is 9.59 Å². The zero-order valence-electron chi connectivity index (χ0n) is 11.8. The van der Waals surface area contributed by atoms with Gasteiger partial charge in [-0.3, -0.25) is 0 Å². The lowest BCUT2D eigenvalue weighted by Gasteiger charge is -2.15. The number of methoxy groups -OCH3 is 2. The van der Waals surface area contributed by atoms with Crippen LogP contribution in [0.2, 0.25) is 0 Å². The fourth-order valence-electron chi connectivity index (χ4n) is 1.63. The Bertz CT molecular complexity index is 505. The van der Waals surface area contributed by atoms with E-state index in [1.165, 1.54) is 14.2 Å². The fourth-order valence-corrected chi connectivity index (χ4v) is 1.63. The van der Waals surface area contributed by atoms with Crippen LogP contribution in [-0.2, 0) is 4.79 Å². The van der Waals surface area contributed by atoms with Gasteiger partial charge in [-0.1, -0.05) is 0 Å². The predicted octanol–water partition coefficient (Wildman–Crippen LogP) is 0.661. The van der Waals surface area contributed by atoms with Gasteiger partial charge in [0.2, 0.25) is 0 Å². The van der Waals surface area contributed by atoms with Gasteiger partial charge in [0.05, 0.1) is 14.2 Å². The number of rotatable bonds is 7. The Morgan fingerprint density at radius 3 is 2.43 bits per heavy atom. The number of aliphatic hydroxyl groups is 1. The summed E-state index contributed by atoms with van der Waals surface area (Å²) in [6.45, 7) is -0.340. The molecule has 8 nitrogen and oxygen atoms in total. The number of ether oxygens (including phenoxy) is 2. The zero-order valence-corrected chi connectivity index (χ0v) is 11.8. The third kappa shape index (κ3) is 4.84. The Balaban J connectivity index is 2.72. The number of urea groups is 1. The summed E-state index contributed by atoms with van der Waals surface area (Å²) in [4.78, 5) is 22.6. The van der Waals surface area contributed by atoms with E-state index in [0.717, 1.165) is 0 Å². The summed E-state index contributed by atoms with van der Waals surface area (Å²) in [6, 6.07) is 2.89. The molecule has 0 aliphatic rings.